The molecule has 0 bridgehead atoms. The Labute approximate surface area is 150 Å². The van der Waals surface area contributed by atoms with Crippen molar-refractivity contribution in [2.45, 2.75) is 31.7 Å². The van der Waals surface area contributed by atoms with Crippen molar-refractivity contribution in [3.63, 3.8) is 0 Å². The standard InChI is InChI=1S/C19H20N2O3S/c1-13-5-2-3-6-15(13)24-11-10-21-17(22)19(20-18(21)23)9-4-7-16-14(19)8-12-25-16/h2-3,5-6,8,12H,4,7,9-11H2,1H3,(H,20,23)/t19-/m0/s1. The van der Waals surface area contributed by atoms with Crippen LogP contribution in [0.1, 0.15) is 28.8 Å². The molecule has 2 aliphatic rings. The first-order valence-electron chi connectivity index (χ1n) is 8.51. The largest absolute Gasteiger partial charge is 0.491 e. The molecule has 1 aliphatic heterocycles. The molecule has 1 atom stereocenters. The summed E-state index contributed by atoms with van der Waals surface area (Å²) in [5, 5.41) is 4.96. The van der Waals surface area contributed by atoms with Crippen LogP contribution in [-0.2, 0) is 16.8 Å². The monoisotopic (exact) mass is 356 g/mol. The van der Waals surface area contributed by atoms with E-state index in [0.29, 0.717) is 6.42 Å². The number of nitrogens with one attached hydrogen (secondary N) is 1. The summed E-state index contributed by atoms with van der Waals surface area (Å²) in [7, 11) is 0. The van der Waals surface area contributed by atoms with Crippen LogP contribution in [0.3, 0.4) is 0 Å². The predicted octanol–water partition coefficient (Wildman–Crippen LogP) is 3.22. The van der Waals surface area contributed by atoms with E-state index in [1.54, 1.807) is 11.3 Å². The third-order valence-electron chi connectivity index (χ3n) is 5.00. The number of carbonyl (C=O) groups is 2. The van der Waals surface area contributed by atoms with E-state index in [0.717, 1.165) is 29.7 Å². The lowest BCUT2D eigenvalue weighted by molar-refractivity contribution is -0.132. The number of benzene rings is 1. The van der Waals surface area contributed by atoms with Crippen LogP contribution < -0.4 is 10.1 Å². The van der Waals surface area contributed by atoms with E-state index in [-0.39, 0.29) is 25.1 Å². The molecule has 5 nitrogen and oxygen atoms in total. The molecule has 0 radical (unpaired) electrons. The summed E-state index contributed by atoms with van der Waals surface area (Å²) in [6, 6.07) is 9.37. The summed E-state index contributed by atoms with van der Waals surface area (Å²) in [4.78, 5) is 28.0. The lowest BCUT2D eigenvalue weighted by atomic mass is 9.80. The predicted molar refractivity (Wildman–Crippen MR) is 95.9 cm³/mol. The fourth-order valence-corrected chi connectivity index (χ4v) is 4.71. The fourth-order valence-electron chi connectivity index (χ4n) is 3.71. The molecular weight excluding hydrogens is 336 g/mol. The molecule has 3 amide bonds. The minimum atomic E-state index is -0.868. The third kappa shape index (κ3) is 2.61. The van der Waals surface area contributed by atoms with Gasteiger partial charge in [0.2, 0.25) is 0 Å². The Balaban J connectivity index is 1.49. The Morgan fingerprint density at radius 2 is 2.12 bits per heavy atom. The van der Waals surface area contributed by atoms with Crippen molar-refractivity contribution < 1.29 is 14.3 Å². The second-order valence-electron chi connectivity index (χ2n) is 6.52. The Morgan fingerprint density at radius 3 is 2.96 bits per heavy atom. The molecule has 6 heteroatoms. The van der Waals surface area contributed by atoms with Gasteiger partial charge in [0.05, 0.1) is 6.54 Å². The minimum Gasteiger partial charge on any atom is -0.491 e. The van der Waals surface area contributed by atoms with Gasteiger partial charge in [0.15, 0.2) is 0 Å². The maximum atomic E-state index is 13.1. The average Bonchev–Trinajstić information content (AvgIpc) is 3.17. The molecule has 1 aromatic carbocycles. The van der Waals surface area contributed by atoms with Gasteiger partial charge in [-0.2, -0.15) is 0 Å². The van der Waals surface area contributed by atoms with Crippen molar-refractivity contribution in [2.24, 2.45) is 0 Å². The normalized spacial score (nSPS) is 22.2. The van der Waals surface area contributed by atoms with Crippen LogP contribution in [0.15, 0.2) is 35.7 Å². The summed E-state index contributed by atoms with van der Waals surface area (Å²) in [5.74, 6) is 0.632. The number of thiophene rings is 1. The number of aryl methyl sites for hydroxylation is 2. The summed E-state index contributed by atoms with van der Waals surface area (Å²) < 4.78 is 5.75. The number of imide groups is 1. The molecule has 25 heavy (non-hydrogen) atoms. The zero-order valence-electron chi connectivity index (χ0n) is 14.1. The molecule has 2 heterocycles. The smallest absolute Gasteiger partial charge is 0.325 e. The van der Waals surface area contributed by atoms with E-state index in [2.05, 4.69) is 5.32 Å². The minimum absolute atomic E-state index is 0.148. The third-order valence-corrected chi connectivity index (χ3v) is 5.98. The topological polar surface area (TPSA) is 58.6 Å². The molecule has 130 valence electrons. The van der Waals surface area contributed by atoms with Crippen molar-refractivity contribution in [3.8, 4) is 5.75 Å². The van der Waals surface area contributed by atoms with Gasteiger partial charge in [-0.05, 0) is 49.3 Å². The van der Waals surface area contributed by atoms with E-state index in [9.17, 15) is 9.59 Å². The van der Waals surface area contributed by atoms with E-state index >= 15 is 0 Å². The highest BCUT2D eigenvalue weighted by atomic mass is 32.1. The van der Waals surface area contributed by atoms with Gasteiger partial charge in [0, 0.05) is 10.4 Å². The molecule has 1 spiro atoms. The second kappa shape index (κ2) is 6.19. The summed E-state index contributed by atoms with van der Waals surface area (Å²) in [5.41, 5.74) is 1.14. The van der Waals surface area contributed by atoms with Crippen LogP contribution >= 0.6 is 11.3 Å². The molecular formula is C19H20N2O3S. The Bertz CT molecular complexity index is 832. The molecule has 2 aromatic rings. The van der Waals surface area contributed by atoms with Crippen molar-refractivity contribution in [3.05, 3.63) is 51.7 Å². The lowest BCUT2D eigenvalue weighted by Gasteiger charge is -2.31. The van der Waals surface area contributed by atoms with Crippen molar-refractivity contribution in [1.82, 2.24) is 10.2 Å². The van der Waals surface area contributed by atoms with E-state index in [4.69, 9.17) is 4.74 Å². The van der Waals surface area contributed by atoms with Crippen molar-refractivity contribution in [1.29, 1.82) is 0 Å². The molecule has 1 aromatic heterocycles. The molecule has 1 fully saturated rings. The number of nitrogens with zero attached hydrogens (tertiary/aromatic N) is 1. The van der Waals surface area contributed by atoms with Crippen LogP contribution in [0, 0.1) is 6.92 Å². The van der Waals surface area contributed by atoms with Crippen LogP contribution in [0.5, 0.6) is 5.75 Å². The fraction of sp³-hybridized carbons (Fsp3) is 0.368. The zero-order chi connectivity index (χ0) is 17.4. The number of para-hydroxylation sites is 1. The molecule has 1 saturated heterocycles. The van der Waals surface area contributed by atoms with Crippen LogP contribution in [0.4, 0.5) is 4.79 Å². The van der Waals surface area contributed by atoms with Crippen LogP contribution in [0.2, 0.25) is 0 Å². The van der Waals surface area contributed by atoms with E-state index in [1.165, 1.54) is 9.78 Å². The average molecular weight is 356 g/mol. The van der Waals surface area contributed by atoms with E-state index in [1.807, 2.05) is 42.6 Å². The first-order chi connectivity index (χ1) is 12.1. The SMILES string of the molecule is Cc1ccccc1OCCN1C(=O)N[C@]2(CCCc3sccc32)C1=O. The van der Waals surface area contributed by atoms with Gasteiger partial charge >= 0.3 is 6.03 Å². The van der Waals surface area contributed by atoms with Crippen LogP contribution in [-0.4, -0.2) is 30.0 Å². The van der Waals surface area contributed by atoms with Gasteiger partial charge in [-0.1, -0.05) is 18.2 Å². The van der Waals surface area contributed by atoms with Gasteiger partial charge < -0.3 is 10.1 Å². The number of hydrogen-bond acceptors (Lipinski definition) is 4. The Kier molecular flexibility index (Phi) is 4.00. The summed E-state index contributed by atoms with van der Waals surface area (Å²) >= 11 is 1.66. The first kappa shape index (κ1) is 16.1. The number of urea groups is 1. The number of carbonyl (C=O) groups excluding carboxylic acids is 2. The molecule has 0 saturated carbocycles. The molecule has 1 aliphatic carbocycles. The number of ether oxygens (including phenoxy) is 1. The number of amides is 3. The van der Waals surface area contributed by atoms with Crippen LogP contribution in [0.25, 0.3) is 0 Å². The Hall–Kier alpha value is -2.34. The summed E-state index contributed by atoms with van der Waals surface area (Å²) in [6.45, 7) is 2.51. The highest BCUT2D eigenvalue weighted by Gasteiger charge is 2.54. The first-order valence-corrected chi connectivity index (χ1v) is 9.39. The van der Waals surface area contributed by atoms with E-state index < -0.39 is 5.54 Å². The highest BCUT2D eigenvalue weighted by Crippen LogP contribution is 2.42. The molecule has 4 rings (SSSR count). The molecule has 0 unspecified atom stereocenters. The van der Waals surface area contributed by atoms with Gasteiger partial charge in [-0.3, -0.25) is 9.69 Å². The Morgan fingerprint density at radius 1 is 1.28 bits per heavy atom. The highest BCUT2D eigenvalue weighted by molar-refractivity contribution is 7.10. The van der Waals surface area contributed by atoms with Gasteiger partial charge in [0.1, 0.15) is 17.9 Å². The van der Waals surface area contributed by atoms with Gasteiger partial charge in [0.25, 0.3) is 5.91 Å². The number of rotatable bonds is 4. The number of hydrogen-bond donors (Lipinski definition) is 1. The molecule has 1 N–H and O–H groups in total. The summed E-state index contributed by atoms with van der Waals surface area (Å²) in [6.07, 6.45) is 2.55. The van der Waals surface area contributed by atoms with Gasteiger partial charge in [-0.25, -0.2) is 4.79 Å². The number of fused-ring (bicyclic) bond motifs is 2. The van der Waals surface area contributed by atoms with Gasteiger partial charge in [-0.15, -0.1) is 11.3 Å². The zero-order valence-corrected chi connectivity index (χ0v) is 14.9. The van der Waals surface area contributed by atoms with Crippen molar-refractivity contribution in [2.75, 3.05) is 13.2 Å². The van der Waals surface area contributed by atoms with Crippen molar-refractivity contribution >= 4 is 23.3 Å². The maximum absolute atomic E-state index is 13.1. The lowest BCUT2D eigenvalue weighted by Crippen LogP contribution is -2.46. The quantitative estimate of drug-likeness (QED) is 0.856. The second-order valence-corrected chi connectivity index (χ2v) is 7.52. The maximum Gasteiger partial charge on any atom is 0.325 e.